The average molecular weight is 690 g/mol. The van der Waals surface area contributed by atoms with Crippen molar-refractivity contribution >= 4 is 44.8 Å². The van der Waals surface area contributed by atoms with Gasteiger partial charge in [-0.1, -0.05) is 47.5 Å². The van der Waals surface area contributed by atoms with Crippen LogP contribution in [0.2, 0.25) is 10.0 Å². The number of rotatable bonds is 11. The number of carbonyl (C=O) groups is 1. The number of alkyl halides is 3. The lowest BCUT2D eigenvalue weighted by Crippen LogP contribution is -2.47. The minimum Gasteiger partial charge on any atom is -0.369 e. The fourth-order valence-electron chi connectivity index (χ4n) is 5.37. The Morgan fingerprint density at radius 3 is 2.33 bits per heavy atom. The second-order valence-electron chi connectivity index (χ2n) is 11.1. The quantitative estimate of drug-likeness (QED) is 0.241. The number of sulfonamides is 1. The van der Waals surface area contributed by atoms with Crippen LogP contribution in [-0.2, 0) is 22.7 Å². The molecule has 0 spiro atoms. The molecule has 1 fully saturated rings. The van der Waals surface area contributed by atoms with E-state index in [0.29, 0.717) is 48.2 Å². The molecule has 1 amide bonds. The molecule has 244 valence electrons. The van der Waals surface area contributed by atoms with Gasteiger partial charge in [0.2, 0.25) is 10.0 Å². The molecule has 1 atom stereocenters. The van der Waals surface area contributed by atoms with Crippen molar-refractivity contribution in [2.45, 2.75) is 25.1 Å². The molecule has 1 N–H and O–H groups in total. The molecular weight excluding hydrogens is 655 g/mol. The zero-order chi connectivity index (χ0) is 32.9. The molecule has 1 aliphatic heterocycles. The van der Waals surface area contributed by atoms with E-state index in [1.54, 1.807) is 18.2 Å². The first-order valence-electron chi connectivity index (χ1n) is 14.2. The number of likely N-dealkylation sites (N-methyl/N-ethyl adjacent to an activating group) is 1. The molecule has 4 rings (SSSR count). The van der Waals surface area contributed by atoms with Gasteiger partial charge in [-0.2, -0.15) is 13.2 Å². The van der Waals surface area contributed by atoms with Crippen molar-refractivity contribution in [3.63, 3.8) is 0 Å². The summed E-state index contributed by atoms with van der Waals surface area (Å²) in [5.41, 5.74) is 1.04. The van der Waals surface area contributed by atoms with Crippen molar-refractivity contribution in [2.75, 3.05) is 57.5 Å². The van der Waals surface area contributed by atoms with Crippen LogP contribution in [0.1, 0.15) is 39.4 Å². The molecule has 3 aromatic rings. The van der Waals surface area contributed by atoms with Crippen molar-refractivity contribution in [3.05, 3.63) is 98.8 Å². The SMILES string of the molecule is CN(C[C@@H](CCN1CCN(c2ccccc2CNS(C)(=O)=O)CC1)c1ccc(Cl)c(Cl)c1)C(=O)c1cc(F)cc(C(F)(F)F)c1. The largest absolute Gasteiger partial charge is 0.416 e. The van der Waals surface area contributed by atoms with Gasteiger partial charge in [0.15, 0.2) is 0 Å². The van der Waals surface area contributed by atoms with E-state index in [0.717, 1.165) is 42.2 Å². The van der Waals surface area contributed by atoms with Crippen molar-refractivity contribution in [2.24, 2.45) is 0 Å². The number of anilines is 1. The van der Waals surface area contributed by atoms with Crippen LogP contribution in [-0.4, -0.2) is 76.7 Å². The van der Waals surface area contributed by atoms with Gasteiger partial charge >= 0.3 is 6.18 Å². The number of hydrogen-bond acceptors (Lipinski definition) is 5. The lowest BCUT2D eigenvalue weighted by atomic mass is 9.94. The van der Waals surface area contributed by atoms with Gasteiger partial charge in [-0.15, -0.1) is 0 Å². The molecule has 1 aliphatic rings. The Balaban J connectivity index is 1.44. The van der Waals surface area contributed by atoms with Crippen LogP contribution in [0, 0.1) is 5.82 Å². The van der Waals surface area contributed by atoms with Crippen LogP contribution in [0.25, 0.3) is 0 Å². The summed E-state index contributed by atoms with van der Waals surface area (Å²) in [6.45, 7) is 3.91. The molecule has 1 heterocycles. The van der Waals surface area contributed by atoms with Crippen LogP contribution in [0.5, 0.6) is 0 Å². The molecule has 0 bridgehead atoms. The van der Waals surface area contributed by atoms with E-state index in [-0.39, 0.29) is 24.6 Å². The average Bonchev–Trinajstić information content (AvgIpc) is 2.98. The summed E-state index contributed by atoms with van der Waals surface area (Å²) < 4.78 is 79.6. The predicted octanol–water partition coefficient (Wildman–Crippen LogP) is 6.27. The fourth-order valence-corrected chi connectivity index (χ4v) is 6.09. The Kier molecular flexibility index (Phi) is 11.4. The third-order valence-electron chi connectivity index (χ3n) is 7.75. The Hall–Kier alpha value is -2.90. The van der Waals surface area contributed by atoms with Crippen molar-refractivity contribution in [1.29, 1.82) is 0 Å². The highest BCUT2D eigenvalue weighted by molar-refractivity contribution is 7.88. The maximum atomic E-state index is 14.0. The van der Waals surface area contributed by atoms with E-state index in [4.69, 9.17) is 23.2 Å². The molecule has 0 aromatic heterocycles. The molecule has 45 heavy (non-hydrogen) atoms. The number of halogens is 6. The zero-order valence-electron chi connectivity index (χ0n) is 24.8. The minimum atomic E-state index is -4.79. The zero-order valence-corrected chi connectivity index (χ0v) is 27.1. The fraction of sp³-hybridized carbons (Fsp3) is 0.387. The third-order valence-corrected chi connectivity index (χ3v) is 9.16. The van der Waals surface area contributed by atoms with Gasteiger partial charge in [-0.25, -0.2) is 17.5 Å². The number of amides is 1. The number of benzene rings is 3. The monoisotopic (exact) mass is 688 g/mol. The summed E-state index contributed by atoms with van der Waals surface area (Å²) in [7, 11) is -1.87. The van der Waals surface area contributed by atoms with E-state index < -0.39 is 33.5 Å². The highest BCUT2D eigenvalue weighted by atomic mass is 35.5. The summed E-state index contributed by atoms with van der Waals surface area (Å²) in [4.78, 5) is 18.9. The second-order valence-corrected chi connectivity index (χ2v) is 13.8. The van der Waals surface area contributed by atoms with Gasteiger partial charge in [-0.05, 0) is 60.5 Å². The highest BCUT2D eigenvalue weighted by Gasteiger charge is 2.32. The van der Waals surface area contributed by atoms with Crippen LogP contribution < -0.4 is 9.62 Å². The molecule has 1 saturated heterocycles. The highest BCUT2D eigenvalue weighted by Crippen LogP contribution is 2.32. The van der Waals surface area contributed by atoms with Gasteiger partial charge in [0.05, 0.1) is 21.9 Å². The topological polar surface area (TPSA) is 73.0 Å². The van der Waals surface area contributed by atoms with Crippen molar-refractivity contribution in [1.82, 2.24) is 14.5 Å². The minimum absolute atomic E-state index is 0.148. The molecule has 0 aliphatic carbocycles. The second kappa shape index (κ2) is 14.7. The number of piperazine rings is 1. The third kappa shape index (κ3) is 9.79. The standard InChI is InChI=1S/C31H34Cl2F4N4O3S/c1-39(30(42)24-15-25(31(35,36)37)18-26(34)16-24)20-23(21-7-8-27(32)28(33)17-21)9-10-40-11-13-41(14-12-40)29-6-4-3-5-22(29)19-38-45(2,43)44/h3-8,15-18,23,38H,9-14,19-20H2,1-2H3/t23-/m1/s1. The summed E-state index contributed by atoms with van der Waals surface area (Å²) in [5, 5.41) is 0.705. The lowest BCUT2D eigenvalue weighted by molar-refractivity contribution is -0.137. The molecule has 7 nitrogen and oxygen atoms in total. The molecule has 0 radical (unpaired) electrons. The Labute approximate surface area is 270 Å². The normalized spacial score (nSPS) is 15.2. The van der Waals surface area contributed by atoms with E-state index in [2.05, 4.69) is 14.5 Å². The number of para-hydroxylation sites is 1. The first kappa shape index (κ1) is 35.0. The van der Waals surface area contributed by atoms with E-state index in [1.165, 1.54) is 11.9 Å². The Morgan fingerprint density at radius 2 is 1.69 bits per heavy atom. The van der Waals surface area contributed by atoms with E-state index in [9.17, 15) is 30.8 Å². The van der Waals surface area contributed by atoms with Crippen LogP contribution >= 0.6 is 23.2 Å². The maximum Gasteiger partial charge on any atom is 0.416 e. The van der Waals surface area contributed by atoms with Crippen LogP contribution in [0.15, 0.2) is 60.7 Å². The van der Waals surface area contributed by atoms with Gasteiger partial charge in [0.25, 0.3) is 5.91 Å². The molecule has 0 unspecified atom stereocenters. The summed E-state index contributed by atoms with van der Waals surface area (Å²) in [6.07, 6.45) is -3.07. The molecule has 14 heteroatoms. The van der Waals surface area contributed by atoms with Gasteiger partial charge in [-0.3, -0.25) is 9.69 Å². The molecule has 0 saturated carbocycles. The van der Waals surface area contributed by atoms with E-state index >= 15 is 0 Å². The number of hydrogen-bond donors (Lipinski definition) is 1. The van der Waals surface area contributed by atoms with Gasteiger partial charge in [0.1, 0.15) is 5.82 Å². The number of nitrogens with one attached hydrogen (secondary N) is 1. The first-order valence-corrected chi connectivity index (χ1v) is 16.8. The maximum absolute atomic E-state index is 14.0. The van der Waals surface area contributed by atoms with Gasteiger partial charge < -0.3 is 9.80 Å². The van der Waals surface area contributed by atoms with Gasteiger partial charge in [0, 0.05) is 63.5 Å². The Morgan fingerprint density at radius 1 is 1.00 bits per heavy atom. The predicted molar refractivity (Wildman–Crippen MR) is 169 cm³/mol. The lowest BCUT2D eigenvalue weighted by Gasteiger charge is -2.37. The van der Waals surface area contributed by atoms with Crippen molar-refractivity contribution < 1.29 is 30.8 Å². The molecular formula is C31H34Cl2F4N4O3S. The molecule has 3 aromatic carbocycles. The summed E-state index contributed by atoms with van der Waals surface area (Å²) in [6, 6.07) is 14.7. The first-order chi connectivity index (χ1) is 21.1. The smallest absolute Gasteiger partial charge is 0.369 e. The van der Waals surface area contributed by atoms with Crippen LogP contribution in [0.3, 0.4) is 0 Å². The van der Waals surface area contributed by atoms with Crippen molar-refractivity contribution in [3.8, 4) is 0 Å². The summed E-state index contributed by atoms with van der Waals surface area (Å²) >= 11 is 12.4. The number of nitrogens with zero attached hydrogens (tertiary/aromatic N) is 3. The Bertz CT molecular complexity index is 1620. The number of carbonyl (C=O) groups excluding carboxylic acids is 1. The van der Waals surface area contributed by atoms with E-state index in [1.807, 2.05) is 24.3 Å². The summed E-state index contributed by atoms with van der Waals surface area (Å²) in [5.74, 6) is -2.12. The van der Waals surface area contributed by atoms with Crippen LogP contribution in [0.4, 0.5) is 23.2 Å².